The molecule has 29 heavy (non-hydrogen) atoms. The second-order valence-corrected chi connectivity index (χ2v) is 6.81. The number of para-hydroxylation sites is 1. The fraction of sp³-hybridized carbons (Fsp3) is 0.167. The molecule has 148 valence electrons. The van der Waals surface area contributed by atoms with Crippen LogP contribution in [0.25, 0.3) is 0 Å². The van der Waals surface area contributed by atoms with Gasteiger partial charge in [0.05, 0.1) is 19.3 Å². The predicted octanol–water partition coefficient (Wildman–Crippen LogP) is 4.00. The first-order valence-corrected chi connectivity index (χ1v) is 9.37. The lowest BCUT2D eigenvalue weighted by Crippen LogP contribution is -2.30. The summed E-state index contributed by atoms with van der Waals surface area (Å²) >= 11 is 0. The Morgan fingerprint density at radius 3 is 2.41 bits per heavy atom. The van der Waals surface area contributed by atoms with Gasteiger partial charge in [0.1, 0.15) is 5.75 Å². The van der Waals surface area contributed by atoms with Crippen LogP contribution in [0.3, 0.4) is 0 Å². The van der Waals surface area contributed by atoms with Gasteiger partial charge >= 0.3 is 0 Å². The molecule has 0 aliphatic carbocycles. The molecular formula is C24H24N2O3. The van der Waals surface area contributed by atoms with Crippen LogP contribution in [0.2, 0.25) is 0 Å². The molecule has 0 saturated carbocycles. The van der Waals surface area contributed by atoms with Crippen LogP contribution in [0.5, 0.6) is 5.75 Å². The van der Waals surface area contributed by atoms with E-state index in [1.165, 1.54) is 0 Å². The number of nitrogens with zero attached hydrogens (tertiary/aromatic N) is 1. The number of benzene rings is 3. The van der Waals surface area contributed by atoms with E-state index in [0.717, 1.165) is 11.3 Å². The molecule has 3 aromatic rings. The van der Waals surface area contributed by atoms with Crippen molar-refractivity contribution in [3.8, 4) is 5.75 Å². The monoisotopic (exact) mass is 388 g/mol. The highest BCUT2D eigenvalue weighted by Crippen LogP contribution is 2.19. The quantitative estimate of drug-likeness (QED) is 0.593. The molecule has 0 heterocycles. The van der Waals surface area contributed by atoms with Crippen LogP contribution in [0, 0.1) is 0 Å². The molecule has 1 amide bonds. The number of carbonyl (C=O) groups excluding carboxylic acids is 2. The number of likely N-dealkylation sites (N-methyl/N-ethyl adjacent to an activating group) is 1. The number of ether oxygens (including phenoxy) is 1. The van der Waals surface area contributed by atoms with E-state index < -0.39 is 0 Å². The van der Waals surface area contributed by atoms with Crippen LogP contribution in [-0.2, 0) is 11.3 Å². The van der Waals surface area contributed by atoms with Crippen molar-refractivity contribution in [1.29, 1.82) is 0 Å². The summed E-state index contributed by atoms with van der Waals surface area (Å²) in [4.78, 5) is 27.3. The van der Waals surface area contributed by atoms with Gasteiger partial charge in [-0.25, -0.2) is 0 Å². The number of nitrogens with one attached hydrogen (secondary N) is 1. The number of hydrogen-bond donors (Lipinski definition) is 1. The normalized spacial score (nSPS) is 10.6. The van der Waals surface area contributed by atoms with Gasteiger partial charge in [0.25, 0.3) is 0 Å². The van der Waals surface area contributed by atoms with Crippen molar-refractivity contribution >= 4 is 17.4 Å². The Kier molecular flexibility index (Phi) is 6.76. The Hall–Kier alpha value is -3.44. The van der Waals surface area contributed by atoms with Crippen molar-refractivity contribution in [2.75, 3.05) is 26.0 Å². The average molecular weight is 388 g/mol. The third-order valence-corrected chi connectivity index (χ3v) is 4.48. The van der Waals surface area contributed by atoms with E-state index in [1.807, 2.05) is 54.4 Å². The topological polar surface area (TPSA) is 58.6 Å². The zero-order valence-electron chi connectivity index (χ0n) is 16.6. The van der Waals surface area contributed by atoms with Crippen molar-refractivity contribution < 1.29 is 14.3 Å². The maximum absolute atomic E-state index is 12.8. The third-order valence-electron chi connectivity index (χ3n) is 4.48. The van der Waals surface area contributed by atoms with E-state index in [0.29, 0.717) is 23.4 Å². The molecule has 1 N–H and O–H groups in total. The summed E-state index contributed by atoms with van der Waals surface area (Å²) in [6.07, 6.45) is 0. The molecule has 0 fully saturated rings. The smallest absolute Gasteiger partial charge is 0.238 e. The molecule has 0 unspecified atom stereocenters. The number of methoxy groups -OCH3 is 1. The first kappa shape index (κ1) is 20.3. The molecule has 0 radical (unpaired) electrons. The van der Waals surface area contributed by atoms with Crippen LogP contribution < -0.4 is 10.1 Å². The van der Waals surface area contributed by atoms with Gasteiger partial charge in [-0.15, -0.1) is 0 Å². The molecule has 0 spiro atoms. The lowest BCUT2D eigenvalue weighted by molar-refractivity contribution is -0.117. The van der Waals surface area contributed by atoms with E-state index in [1.54, 1.807) is 43.5 Å². The molecule has 0 aliphatic heterocycles. The van der Waals surface area contributed by atoms with E-state index in [9.17, 15) is 9.59 Å². The molecule has 5 nitrogen and oxygen atoms in total. The Bertz CT molecular complexity index is 986. The molecule has 0 bridgehead atoms. The van der Waals surface area contributed by atoms with E-state index >= 15 is 0 Å². The van der Waals surface area contributed by atoms with Crippen LogP contribution in [-0.4, -0.2) is 37.3 Å². The van der Waals surface area contributed by atoms with Crippen molar-refractivity contribution in [3.63, 3.8) is 0 Å². The minimum Gasteiger partial charge on any atom is -0.497 e. The lowest BCUT2D eigenvalue weighted by Gasteiger charge is -2.17. The van der Waals surface area contributed by atoms with Gasteiger partial charge in [0, 0.05) is 17.7 Å². The van der Waals surface area contributed by atoms with Gasteiger partial charge in [-0.3, -0.25) is 14.5 Å². The summed E-state index contributed by atoms with van der Waals surface area (Å²) < 4.78 is 5.24. The number of carbonyl (C=O) groups is 2. The molecule has 0 aliphatic rings. The summed E-state index contributed by atoms with van der Waals surface area (Å²) in [7, 11) is 3.50. The standard InChI is InChI=1S/C24H24N2O3/c1-26(16-18-9-8-12-20(15-18)29-2)17-23(27)25-22-14-7-6-13-21(22)24(28)19-10-4-3-5-11-19/h3-15H,16-17H2,1-2H3,(H,25,27). The summed E-state index contributed by atoms with van der Waals surface area (Å²) in [6, 6.07) is 23.9. The second kappa shape index (κ2) is 9.66. The van der Waals surface area contributed by atoms with Crippen LogP contribution in [0.1, 0.15) is 21.5 Å². The molecule has 3 rings (SSSR count). The molecule has 5 heteroatoms. The number of ketones is 1. The first-order chi connectivity index (χ1) is 14.1. The van der Waals surface area contributed by atoms with Gasteiger partial charge in [-0.1, -0.05) is 54.6 Å². The van der Waals surface area contributed by atoms with Crippen molar-refractivity contribution in [2.45, 2.75) is 6.54 Å². The Morgan fingerprint density at radius 1 is 0.931 bits per heavy atom. The van der Waals surface area contributed by atoms with E-state index in [4.69, 9.17) is 4.74 Å². The van der Waals surface area contributed by atoms with Crippen LogP contribution in [0.15, 0.2) is 78.9 Å². The predicted molar refractivity (Wildman–Crippen MR) is 114 cm³/mol. The van der Waals surface area contributed by atoms with Gasteiger partial charge in [-0.2, -0.15) is 0 Å². The van der Waals surface area contributed by atoms with Crippen molar-refractivity contribution in [1.82, 2.24) is 4.90 Å². The molecule has 0 atom stereocenters. The highest BCUT2D eigenvalue weighted by molar-refractivity contribution is 6.13. The number of anilines is 1. The average Bonchev–Trinajstić information content (AvgIpc) is 2.74. The van der Waals surface area contributed by atoms with Crippen LogP contribution >= 0.6 is 0 Å². The summed E-state index contributed by atoms with van der Waals surface area (Å²) in [5.41, 5.74) is 2.63. The number of rotatable bonds is 8. The highest BCUT2D eigenvalue weighted by Gasteiger charge is 2.15. The van der Waals surface area contributed by atoms with Crippen molar-refractivity contribution in [3.05, 3.63) is 95.6 Å². The summed E-state index contributed by atoms with van der Waals surface area (Å²) in [6.45, 7) is 0.806. The maximum Gasteiger partial charge on any atom is 0.238 e. The Balaban J connectivity index is 1.65. The zero-order valence-corrected chi connectivity index (χ0v) is 16.6. The molecule has 0 saturated heterocycles. The zero-order chi connectivity index (χ0) is 20.6. The summed E-state index contributed by atoms with van der Waals surface area (Å²) in [5.74, 6) is 0.489. The summed E-state index contributed by atoms with van der Waals surface area (Å²) in [5, 5.41) is 2.87. The second-order valence-electron chi connectivity index (χ2n) is 6.81. The van der Waals surface area contributed by atoms with Gasteiger partial charge in [-0.05, 0) is 36.9 Å². The maximum atomic E-state index is 12.8. The van der Waals surface area contributed by atoms with E-state index in [-0.39, 0.29) is 18.2 Å². The molecule has 3 aromatic carbocycles. The Morgan fingerprint density at radius 2 is 1.66 bits per heavy atom. The Labute approximate surface area is 170 Å². The molecule has 0 aromatic heterocycles. The van der Waals surface area contributed by atoms with Crippen molar-refractivity contribution in [2.24, 2.45) is 0 Å². The van der Waals surface area contributed by atoms with Gasteiger partial charge < -0.3 is 10.1 Å². The first-order valence-electron chi connectivity index (χ1n) is 9.37. The fourth-order valence-electron chi connectivity index (χ4n) is 3.11. The van der Waals surface area contributed by atoms with E-state index in [2.05, 4.69) is 5.32 Å². The fourth-order valence-corrected chi connectivity index (χ4v) is 3.11. The van der Waals surface area contributed by atoms with Gasteiger partial charge in [0.15, 0.2) is 5.78 Å². The highest BCUT2D eigenvalue weighted by atomic mass is 16.5. The third kappa shape index (κ3) is 5.53. The largest absolute Gasteiger partial charge is 0.497 e. The number of hydrogen-bond acceptors (Lipinski definition) is 4. The van der Waals surface area contributed by atoms with Crippen LogP contribution in [0.4, 0.5) is 5.69 Å². The minimum absolute atomic E-state index is 0.119. The SMILES string of the molecule is COc1cccc(CN(C)CC(=O)Nc2ccccc2C(=O)c2ccccc2)c1. The number of amides is 1. The molecular weight excluding hydrogens is 364 g/mol. The van der Waals surface area contributed by atoms with Gasteiger partial charge in [0.2, 0.25) is 5.91 Å². The lowest BCUT2D eigenvalue weighted by atomic mass is 10.0. The minimum atomic E-state index is -0.177.